The van der Waals surface area contributed by atoms with Crippen LogP contribution in [0.1, 0.15) is 23.4 Å². The molecule has 8 heteroatoms. The molecular formula is C18H21N3O5. The fourth-order valence-corrected chi connectivity index (χ4v) is 2.86. The lowest BCUT2D eigenvalue weighted by Gasteiger charge is -2.18. The van der Waals surface area contributed by atoms with Gasteiger partial charge in [0.25, 0.3) is 0 Å². The van der Waals surface area contributed by atoms with Gasteiger partial charge >= 0.3 is 5.97 Å². The maximum atomic E-state index is 12.4. The van der Waals surface area contributed by atoms with Crippen molar-refractivity contribution in [3.05, 3.63) is 35.2 Å². The fourth-order valence-electron chi connectivity index (χ4n) is 2.86. The van der Waals surface area contributed by atoms with Crippen LogP contribution in [0.3, 0.4) is 0 Å². The highest BCUT2D eigenvalue weighted by molar-refractivity contribution is 5.93. The maximum Gasteiger partial charge on any atom is 0.305 e. The first-order valence-corrected chi connectivity index (χ1v) is 8.38. The topological polar surface area (TPSA) is 103 Å². The zero-order chi connectivity index (χ0) is 18.7. The number of rotatable bonds is 6. The average molecular weight is 359 g/mol. The second-order valence-corrected chi connectivity index (χ2v) is 6.12. The molecule has 0 aliphatic carbocycles. The van der Waals surface area contributed by atoms with Crippen LogP contribution in [0.5, 0.6) is 11.5 Å². The molecule has 1 aliphatic heterocycles. The summed E-state index contributed by atoms with van der Waals surface area (Å²) in [6, 6.07) is 5.45. The number of hydrogen-bond donors (Lipinski definition) is 2. The Bertz CT molecular complexity index is 844. The molecule has 1 aliphatic rings. The van der Waals surface area contributed by atoms with Crippen LogP contribution in [0.4, 0.5) is 5.69 Å². The average Bonchev–Trinajstić information content (AvgIpc) is 2.87. The van der Waals surface area contributed by atoms with Gasteiger partial charge in [0.15, 0.2) is 11.5 Å². The number of nitrogens with zero attached hydrogens (tertiary/aromatic N) is 2. The van der Waals surface area contributed by atoms with Crippen LogP contribution in [0.2, 0.25) is 0 Å². The zero-order valence-corrected chi connectivity index (χ0v) is 14.7. The minimum absolute atomic E-state index is 0.0213. The Labute approximate surface area is 150 Å². The van der Waals surface area contributed by atoms with Crippen molar-refractivity contribution in [3.8, 4) is 11.5 Å². The van der Waals surface area contributed by atoms with Crippen molar-refractivity contribution in [2.45, 2.75) is 33.2 Å². The van der Waals surface area contributed by atoms with E-state index in [9.17, 15) is 9.59 Å². The van der Waals surface area contributed by atoms with Gasteiger partial charge in [0.05, 0.1) is 36.5 Å². The molecule has 0 saturated heterocycles. The summed E-state index contributed by atoms with van der Waals surface area (Å²) < 4.78 is 12.6. The number of aromatic nitrogens is 2. The highest BCUT2D eigenvalue weighted by Crippen LogP contribution is 2.31. The summed E-state index contributed by atoms with van der Waals surface area (Å²) in [6.45, 7) is 4.87. The number of hydrogen-bond acceptors (Lipinski definition) is 5. The fraction of sp³-hybridized carbons (Fsp3) is 0.389. The first kappa shape index (κ1) is 17.8. The number of amides is 1. The van der Waals surface area contributed by atoms with Crippen molar-refractivity contribution in [1.29, 1.82) is 0 Å². The predicted molar refractivity (Wildman–Crippen MR) is 93.7 cm³/mol. The van der Waals surface area contributed by atoms with E-state index in [1.807, 2.05) is 19.1 Å². The molecule has 8 nitrogen and oxygen atoms in total. The third-order valence-corrected chi connectivity index (χ3v) is 4.15. The molecule has 26 heavy (non-hydrogen) atoms. The third kappa shape index (κ3) is 3.96. The van der Waals surface area contributed by atoms with Crippen LogP contribution in [0.25, 0.3) is 0 Å². The van der Waals surface area contributed by atoms with Crippen LogP contribution in [0, 0.1) is 13.8 Å². The van der Waals surface area contributed by atoms with E-state index >= 15 is 0 Å². The van der Waals surface area contributed by atoms with Crippen molar-refractivity contribution in [3.63, 3.8) is 0 Å². The highest BCUT2D eigenvalue weighted by Gasteiger charge is 2.17. The van der Waals surface area contributed by atoms with E-state index < -0.39 is 5.97 Å². The molecule has 0 atom stereocenters. The first-order chi connectivity index (χ1) is 12.4. The van der Waals surface area contributed by atoms with Gasteiger partial charge in [0.2, 0.25) is 5.91 Å². The summed E-state index contributed by atoms with van der Waals surface area (Å²) in [5.41, 5.74) is 2.83. The predicted octanol–water partition coefficient (Wildman–Crippen LogP) is 1.93. The largest absolute Gasteiger partial charge is 0.486 e. The van der Waals surface area contributed by atoms with Crippen LogP contribution in [-0.4, -0.2) is 40.0 Å². The molecule has 2 heterocycles. The number of carboxylic acids is 1. The molecule has 2 N–H and O–H groups in total. The highest BCUT2D eigenvalue weighted by atomic mass is 16.6. The van der Waals surface area contributed by atoms with Gasteiger partial charge in [-0.25, -0.2) is 0 Å². The first-order valence-electron chi connectivity index (χ1n) is 8.38. The number of benzene rings is 1. The molecule has 2 aromatic rings. The van der Waals surface area contributed by atoms with E-state index in [1.165, 1.54) is 0 Å². The lowest BCUT2D eigenvalue weighted by molar-refractivity contribution is -0.137. The molecule has 0 radical (unpaired) electrons. The number of carboxylic acid groups (broad SMARTS) is 1. The standard InChI is InChI=1S/C18H21N3O5/c1-11-18(12(2)21(20-11)6-5-17(23)24)19-16(22)10-13-3-4-14-15(9-13)26-8-7-25-14/h3-4,9H,5-8,10H2,1-2H3,(H,19,22)(H,23,24). The Balaban J connectivity index is 1.67. The Morgan fingerprint density at radius 1 is 1.23 bits per heavy atom. The summed E-state index contributed by atoms with van der Waals surface area (Å²) in [4.78, 5) is 23.1. The van der Waals surface area contributed by atoms with E-state index in [-0.39, 0.29) is 25.3 Å². The van der Waals surface area contributed by atoms with Gasteiger partial charge in [0, 0.05) is 0 Å². The van der Waals surface area contributed by atoms with Crippen molar-refractivity contribution in [2.75, 3.05) is 18.5 Å². The lowest BCUT2D eigenvalue weighted by atomic mass is 10.1. The molecule has 3 rings (SSSR count). The minimum Gasteiger partial charge on any atom is -0.486 e. The smallest absolute Gasteiger partial charge is 0.305 e. The molecule has 0 saturated carbocycles. The summed E-state index contributed by atoms with van der Waals surface area (Å²) in [6.07, 6.45) is 0.169. The number of nitrogens with one attached hydrogen (secondary N) is 1. The van der Waals surface area contributed by atoms with E-state index in [1.54, 1.807) is 17.7 Å². The van der Waals surface area contributed by atoms with Crippen molar-refractivity contribution in [1.82, 2.24) is 9.78 Å². The van der Waals surface area contributed by atoms with Gasteiger partial charge in [0.1, 0.15) is 13.2 Å². The molecule has 1 aromatic carbocycles. The summed E-state index contributed by atoms with van der Waals surface area (Å²) in [7, 11) is 0. The second kappa shape index (κ2) is 7.47. The molecule has 0 bridgehead atoms. The van der Waals surface area contributed by atoms with E-state index in [2.05, 4.69) is 10.4 Å². The molecule has 1 aromatic heterocycles. The second-order valence-electron chi connectivity index (χ2n) is 6.12. The molecule has 1 amide bonds. The number of carbonyl (C=O) groups is 2. The summed E-state index contributed by atoms with van der Waals surface area (Å²) >= 11 is 0. The van der Waals surface area contributed by atoms with Crippen LogP contribution in [-0.2, 0) is 22.6 Å². The Morgan fingerprint density at radius 3 is 2.69 bits per heavy atom. The van der Waals surface area contributed by atoms with Crippen LogP contribution in [0.15, 0.2) is 18.2 Å². The summed E-state index contributed by atoms with van der Waals surface area (Å²) in [5.74, 6) is 0.273. The Morgan fingerprint density at radius 2 is 1.96 bits per heavy atom. The number of fused-ring (bicyclic) bond motifs is 1. The number of aryl methyl sites for hydroxylation is 2. The molecular weight excluding hydrogens is 338 g/mol. The normalized spacial score (nSPS) is 12.7. The Hall–Kier alpha value is -3.03. The Kier molecular flexibility index (Phi) is 5.11. The number of carbonyl (C=O) groups excluding carboxylic acids is 1. The van der Waals surface area contributed by atoms with Gasteiger partial charge in [-0.2, -0.15) is 5.10 Å². The quantitative estimate of drug-likeness (QED) is 0.817. The molecule has 0 unspecified atom stereocenters. The van der Waals surface area contributed by atoms with Crippen molar-refractivity contribution < 1.29 is 24.2 Å². The van der Waals surface area contributed by atoms with Gasteiger partial charge < -0.3 is 19.9 Å². The van der Waals surface area contributed by atoms with Crippen LogP contribution < -0.4 is 14.8 Å². The monoisotopic (exact) mass is 359 g/mol. The molecule has 138 valence electrons. The van der Waals surface area contributed by atoms with E-state index in [0.29, 0.717) is 36.1 Å². The molecule has 0 spiro atoms. The van der Waals surface area contributed by atoms with E-state index in [4.69, 9.17) is 14.6 Å². The van der Waals surface area contributed by atoms with Crippen LogP contribution >= 0.6 is 0 Å². The minimum atomic E-state index is -0.887. The number of ether oxygens (including phenoxy) is 2. The van der Waals surface area contributed by atoms with Crippen molar-refractivity contribution in [2.24, 2.45) is 0 Å². The summed E-state index contributed by atoms with van der Waals surface area (Å²) in [5, 5.41) is 16.0. The molecule has 0 fully saturated rings. The SMILES string of the molecule is Cc1nn(CCC(=O)O)c(C)c1NC(=O)Cc1ccc2c(c1)OCCO2. The number of anilines is 1. The maximum absolute atomic E-state index is 12.4. The van der Waals surface area contributed by atoms with Gasteiger partial charge in [-0.3, -0.25) is 14.3 Å². The lowest BCUT2D eigenvalue weighted by Crippen LogP contribution is -2.17. The third-order valence-electron chi connectivity index (χ3n) is 4.15. The van der Waals surface area contributed by atoms with Crippen molar-refractivity contribution >= 4 is 17.6 Å². The zero-order valence-electron chi connectivity index (χ0n) is 14.7. The number of aliphatic carboxylic acids is 1. The van der Waals surface area contributed by atoms with Gasteiger partial charge in [-0.05, 0) is 31.5 Å². The van der Waals surface area contributed by atoms with E-state index in [0.717, 1.165) is 11.3 Å². The van der Waals surface area contributed by atoms with Gasteiger partial charge in [-0.15, -0.1) is 0 Å². The van der Waals surface area contributed by atoms with Gasteiger partial charge in [-0.1, -0.05) is 6.07 Å².